The number of nitrogens with one attached hydrogen (secondary N) is 1. The minimum atomic E-state index is -0.206. The van der Waals surface area contributed by atoms with E-state index in [0.717, 1.165) is 24.1 Å². The minimum absolute atomic E-state index is 0.123. The van der Waals surface area contributed by atoms with Gasteiger partial charge in [-0.2, -0.15) is 5.10 Å². The smallest absolute Gasteiger partial charge is 0.272 e. The number of allylic oxidation sites excluding steroid dienone is 2. The van der Waals surface area contributed by atoms with Gasteiger partial charge >= 0.3 is 0 Å². The molecule has 1 aliphatic rings. The first kappa shape index (κ1) is 17.9. The second-order valence-electron chi connectivity index (χ2n) is 6.85. The van der Waals surface area contributed by atoms with Crippen LogP contribution in [0.1, 0.15) is 30.8 Å². The Morgan fingerprint density at radius 2 is 2.12 bits per heavy atom. The van der Waals surface area contributed by atoms with Gasteiger partial charge in [-0.15, -0.1) is 0 Å². The maximum Gasteiger partial charge on any atom is 0.272 e. The Kier molecular flexibility index (Phi) is 5.46. The van der Waals surface area contributed by atoms with Gasteiger partial charge in [-0.1, -0.05) is 62.4 Å². The standard InChI is InChI=1S/C21H23N3O2/c1-15(2)13-24-20(17-6-4-3-5-7-17)12-19(23-24)21(26)22-18-10-8-16(14-25)9-11-18/h3-10,12,14-15,18H,11,13H2,1-2H3,(H,22,26). The van der Waals surface area contributed by atoms with Crippen LogP contribution in [0, 0.1) is 5.92 Å². The zero-order valence-corrected chi connectivity index (χ0v) is 15.1. The molecule has 26 heavy (non-hydrogen) atoms. The van der Waals surface area contributed by atoms with Crippen molar-refractivity contribution in [1.82, 2.24) is 15.1 Å². The van der Waals surface area contributed by atoms with E-state index in [2.05, 4.69) is 24.3 Å². The van der Waals surface area contributed by atoms with Gasteiger partial charge in [-0.3, -0.25) is 14.3 Å². The van der Waals surface area contributed by atoms with E-state index in [0.29, 0.717) is 23.6 Å². The minimum Gasteiger partial charge on any atom is -0.344 e. The van der Waals surface area contributed by atoms with Crippen molar-refractivity contribution in [2.45, 2.75) is 32.9 Å². The van der Waals surface area contributed by atoms with E-state index in [4.69, 9.17) is 0 Å². The summed E-state index contributed by atoms with van der Waals surface area (Å²) in [6, 6.07) is 11.7. The van der Waals surface area contributed by atoms with E-state index in [-0.39, 0.29) is 11.9 Å². The molecule has 0 saturated carbocycles. The quantitative estimate of drug-likeness (QED) is 0.813. The van der Waals surface area contributed by atoms with Crippen LogP contribution in [0.4, 0.5) is 0 Å². The molecule has 1 atom stereocenters. The fourth-order valence-corrected chi connectivity index (χ4v) is 2.93. The summed E-state index contributed by atoms with van der Waals surface area (Å²) in [5, 5.41) is 7.50. The topological polar surface area (TPSA) is 64.0 Å². The molecule has 134 valence electrons. The largest absolute Gasteiger partial charge is 0.344 e. The maximum absolute atomic E-state index is 12.6. The normalized spacial score (nSPS) is 16.4. The first-order chi connectivity index (χ1) is 12.6. The summed E-state index contributed by atoms with van der Waals surface area (Å²) in [6.07, 6.45) is 6.81. The van der Waals surface area contributed by atoms with Gasteiger partial charge in [0.15, 0.2) is 5.69 Å². The van der Waals surface area contributed by atoms with Crippen LogP contribution >= 0.6 is 0 Å². The van der Waals surface area contributed by atoms with E-state index >= 15 is 0 Å². The highest BCUT2D eigenvalue weighted by molar-refractivity contribution is 5.94. The van der Waals surface area contributed by atoms with Crippen LogP contribution in [0.15, 0.2) is 60.2 Å². The van der Waals surface area contributed by atoms with Crippen molar-refractivity contribution in [2.75, 3.05) is 0 Å². The van der Waals surface area contributed by atoms with E-state index < -0.39 is 0 Å². The molecule has 5 nitrogen and oxygen atoms in total. The molecule has 1 aliphatic carbocycles. The first-order valence-corrected chi connectivity index (χ1v) is 8.84. The predicted octanol–water partition coefficient (Wildman–Crippen LogP) is 3.39. The highest BCUT2D eigenvalue weighted by atomic mass is 16.2. The Morgan fingerprint density at radius 3 is 2.73 bits per heavy atom. The summed E-state index contributed by atoms with van der Waals surface area (Å²) in [6.45, 7) is 4.99. The Morgan fingerprint density at radius 1 is 1.35 bits per heavy atom. The third-order valence-electron chi connectivity index (χ3n) is 4.20. The monoisotopic (exact) mass is 349 g/mol. The summed E-state index contributed by atoms with van der Waals surface area (Å²) < 4.78 is 1.90. The van der Waals surface area contributed by atoms with Crippen LogP contribution in [0.3, 0.4) is 0 Å². The lowest BCUT2D eigenvalue weighted by molar-refractivity contribution is -0.104. The van der Waals surface area contributed by atoms with Gasteiger partial charge in [-0.25, -0.2) is 0 Å². The zero-order chi connectivity index (χ0) is 18.5. The lowest BCUT2D eigenvalue weighted by Crippen LogP contribution is -2.34. The van der Waals surface area contributed by atoms with Gasteiger partial charge in [0.2, 0.25) is 0 Å². The van der Waals surface area contributed by atoms with Crippen LogP contribution in [0.25, 0.3) is 11.3 Å². The van der Waals surface area contributed by atoms with Crippen LogP contribution in [-0.4, -0.2) is 28.0 Å². The third kappa shape index (κ3) is 4.17. The number of carbonyl (C=O) groups is 2. The fourth-order valence-electron chi connectivity index (χ4n) is 2.93. The molecule has 5 heteroatoms. The average Bonchev–Trinajstić information content (AvgIpc) is 3.06. The molecule has 1 unspecified atom stereocenters. The molecule has 1 aromatic carbocycles. The van der Waals surface area contributed by atoms with Crippen LogP contribution < -0.4 is 5.32 Å². The molecule has 1 N–H and O–H groups in total. The summed E-state index contributed by atoms with van der Waals surface area (Å²) in [7, 11) is 0. The molecule has 1 amide bonds. The van der Waals surface area contributed by atoms with Crippen LogP contribution in [0.2, 0.25) is 0 Å². The van der Waals surface area contributed by atoms with E-state index in [1.807, 2.05) is 53.2 Å². The predicted molar refractivity (Wildman–Crippen MR) is 102 cm³/mol. The van der Waals surface area contributed by atoms with Gasteiger partial charge in [-0.05, 0) is 24.0 Å². The Bertz CT molecular complexity index is 847. The lowest BCUT2D eigenvalue weighted by Gasteiger charge is -2.15. The van der Waals surface area contributed by atoms with Gasteiger partial charge in [0.05, 0.1) is 11.7 Å². The lowest BCUT2D eigenvalue weighted by atomic mass is 10.0. The number of aldehydes is 1. The molecule has 0 spiro atoms. The summed E-state index contributed by atoms with van der Waals surface area (Å²) in [4.78, 5) is 23.4. The highest BCUT2D eigenvalue weighted by Crippen LogP contribution is 2.22. The van der Waals surface area contributed by atoms with Gasteiger partial charge in [0.1, 0.15) is 6.29 Å². The Hall–Kier alpha value is -2.95. The highest BCUT2D eigenvalue weighted by Gasteiger charge is 2.19. The van der Waals surface area contributed by atoms with Crippen molar-refractivity contribution in [1.29, 1.82) is 0 Å². The van der Waals surface area contributed by atoms with Crippen LogP contribution in [-0.2, 0) is 11.3 Å². The van der Waals surface area contributed by atoms with Crippen molar-refractivity contribution >= 4 is 12.2 Å². The molecule has 1 heterocycles. The van der Waals surface area contributed by atoms with Gasteiger partial charge in [0, 0.05) is 12.1 Å². The Balaban J connectivity index is 1.80. The van der Waals surface area contributed by atoms with Crippen molar-refractivity contribution < 1.29 is 9.59 Å². The van der Waals surface area contributed by atoms with Crippen LogP contribution in [0.5, 0.6) is 0 Å². The van der Waals surface area contributed by atoms with Crippen molar-refractivity contribution in [3.63, 3.8) is 0 Å². The molecule has 0 radical (unpaired) electrons. The molecule has 1 aromatic heterocycles. The van der Waals surface area contributed by atoms with Gasteiger partial charge in [0.25, 0.3) is 5.91 Å². The number of hydrogen-bond donors (Lipinski definition) is 1. The molecule has 3 rings (SSSR count). The number of carbonyl (C=O) groups excluding carboxylic acids is 2. The van der Waals surface area contributed by atoms with Crippen molar-refractivity contribution in [3.05, 3.63) is 65.9 Å². The number of hydrogen-bond acceptors (Lipinski definition) is 3. The maximum atomic E-state index is 12.6. The summed E-state index contributed by atoms with van der Waals surface area (Å²) in [5.41, 5.74) is 3.02. The molecular weight excluding hydrogens is 326 g/mol. The van der Waals surface area contributed by atoms with Gasteiger partial charge < -0.3 is 5.32 Å². The number of aromatic nitrogens is 2. The zero-order valence-electron chi connectivity index (χ0n) is 15.1. The molecular formula is C21H23N3O2. The molecule has 0 bridgehead atoms. The number of benzene rings is 1. The second kappa shape index (κ2) is 7.95. The number of rotatable bonds is 6. The van der Waals surface area contributed by atoms with Crippen molar-refractivity contribution in [3.8, 4) is 11.3 Å². The van der Waals surface area contributed by atoms with Crippen molar-refractivity contribution in [2.24, 2.45) is 5.92 Å². The van der Waals surface area contributed by atoms with E-state index in [1.165, 1.54) is 0 Å². The summed E-state index contributed by atoms with van der Waals surface area (Å²) >= 11 is 0. The number of amides is 1. The second-order valence-corrected chi connectivity index (χ2v) is 6.85. The average molecular weight is 349 g/mol. The molecule has 0 aliphatic heterocycles. The number of nitrogens with zero attached hydrogens (tertiary/aromatic N) is 2. The summed E-state index contributed by atoms with van der Waals surface area (Å²) in [5.74, 6) is 0.212. The third-order valence-corrected chi connectivity index (χ3v) is 4.20. The van der Waals surface area contributed by atoms with E-state index in [1.54, 1.807) is 6.08 Å². The molecule has 2 aromatic rings. The Labute approximate surface area is 153 Å². The first-order valence-electron chi connectivity index (χ1n) is 8.84. The molecule has 0 saturated heterocycles. The molecule has 0 fully saturated rings. The fraction of sp³-hybridized carbons (Fsp3) is 0.286. The van der Waals surface area contributed by atoms with E-state index in [9.17, 15) is 9.59 Å². The SMILES string of the molecule is CC(C)Cn1nc(C(=O)NC2C=CC(C=O)=CC2)cc1-c1ccccc1.